The second-order valence-electron chi connectivity index (χ2n) is 5.45. The largest absolute Gasteiger partial charge is 0.399 e. The highest BCUT2D eigenvalue weighted by atomic mass is 32.2. The molecule has 1 saturated heterocycles. The highest BCUT2D eigenvalue weighted by Crippen LogP contribution is 2.30. The third-order valence-electron chi connectivity index (χ3n) is 3.95. The summed E-state index contributed by atoms with van der Waals surface area (Å²) in [5, 5.41) is 14.1. The van der Waals surface area contributed by atoms with Gasteiger partial charge in [0.2, 0.25) is 0 Å². The number of piperidine rings is 1. The van der Waals surface area contributed by atoms with E-state index in [9.17, 15) is 0 Å². The minimum Gasteiger partial charge on any atom is -0.399 e. The van der Waals surface area contributed by atoms with Gasteiger partial charge in [-0.3, -0.25) is 4.99 Å². The zero-order valence-electron chi connectivity index (χ0n) is 13.4. The molecule has 0 amide bonds. The van der Waals surface area contributed by atoms with Gasteiger partial charge in [-0.25, -0.2) is 0 Å². The normalized spacial score (nSPS) is 19.1. The Bertz CT molecular complexity index is 697. The Kier molecular flexibility index (Phi) is 4.80. The molecule has 1 atom stereocenters. The molecule has 1 aromatic heterocycles. The SMILES string of the molecule is CN=C(SC)N1CCCC[C@@H]1c1nnn(-c2cccc(N)c2)n1. The quantitative estimate of drug-likeness (QED) is 0.515. The summed E-state index contributed by atoms with van der Waals surface area (Å²) in [5.41, 5.74) is 7.33. The van der Waals surface area contributed by atoms with Crippen LogP contribution in [0.25, 0.3) is 5.69 Å². The van der Waals surface area contributed by atoms with Gasteiger partial charge in [0.15, 0.2) is 11.0 Å². The number of aromatic nitrogens is 4. The zero-order valence-corrected chi connectivity index (χ0v) is 14.2. The van der Waals surface area contributed by atoms with Crippen molar-refractivity contribution in [1.82, 2.24) is 25.1 Å². The number of anilines is 1. The minimum atomic E-state index is 0.129. The van der Waals surface area contributed by atoms with Gasteiger partial charge in [-0.1, -0.05) is 17.8 Å². The number of likely N-dealkylation sites (tertiary alicyclic amines) is 1. The summed E-state index contributed by atoms with van der Waals surface area (Å²) in [5.74, 6) is 0.738. The minimum absolute atomic E-state index is 0.129. The summed E-state index contributed by atoms with van der Waals surface area (Å²) in [6.07, 6.45) is 5.39. The smallest absolute Gasteiger partial charge is 0.197 e. The van der Waals surface area contributed by atoms with E-state index in [1.807, 2.05) is 37.6 Å². The van der Waals surface area contributed by atoms with Crippen LogP contribution in [0.4, 0.5) is 5.69 Å². The van der Waals surface area contributed by atoms with E-state index >= 15 is 0 Å². The lowest BCUT2D eigenvalue weighted by molar-refractivity contribution is 0.239. The molecule has 1 aliphatic heterocycles. The van der Waals surface area contributed by atoms with Crippen molar-refractivity contribution in [2.75, 3.05) is 25.6 Å². The van der Waals surface area contributed by atoms with Gasteiger partial charge < -0.3 is 10.6 Å². The van der Waals surface area contributed by atoms with Gasteiger partial charge in [0.1, 0.15) is 0 Å². The summed E-state index contributed by atoms with van der Waals surface area (Å²) in [6, 6.07) is 7.61. The number of benzene rings is 1. The standard InChI is InChI=1S/C15H21N7S/c1-17-15(23-2)21-9-4-3-8-13(21)14-18-20-22(19-14)12-7-5-6-11(16)10-12/h5-7,10,13H,3-4,8-9,16H2,1-2H3/t13-/m1/s1. The van der Waals surface area contributed by atoms with Crippen molar-refractivity contribution in [1.29, 1.82) is 0 Å². The number of rotatable bonds is 2. The molecular formula is C15H21N7S. The second kappa shape index (κ2) is 6.99. The van der Waals surface area contributed by atoms with Crippen LogP contribution in [0.5, 0.6) is 0 Å². The Morgan fingerprint density at radius 2 is 2.26 bits per heavy atom. The van der Waals surface area contributed by atoms with Crippen LogP contribution in [0.3, 0.4) is 0 Å². The molecule has 0 bridgehead atoms. The van der Waals surface area contributed by atoms with Crippen molar-refractivity contribution >= 4 is 22.6 Å². The zero-order chi connectivity index (χ0) is 16.2. The van der Waals surface area contributed by atoms with Gasteiger partial charge in [0.25, 0.3) is 0 Å². The van der Waals surface area contributed by atoms with Gasteiger partial charge in [0.05, 0.1) is 11.7 Å². The summed E-state index contributed by atoms with van der Waals surface area (Å²) < 4.78 is 0. The highest BCUT2D eigenvalue weighted by Gasteiger charge is 2.29. The number of hydrogen-bond donors (Lipinski definition) is 1. The molecule has 2 heterocycles. The van der Waals surface area contributed by atoms with Gasteiger partial charge >= 0.3 is 0 Å². The van der Waals surface area contributed by atoms with Crippen LogP contribution in [0, 0.1) is 0 Å². The number of thioether (sulfide) groups is 1. The Morgan fingerprint density at radius 1 is 1.39 bits per heavy atom. The summed E-state index contributed by atoms with van der Waals surface area (Å²) >= 11 is 1.66. The Hall–Kier alpha value is -2.09. The molecule has 0 unspecified atom stereocenters. The van der Waals surface area contributed by atoms with E-state index in [-0.39, 0.29) is 6.04 Å². The fourth-order valence-electron chi connectivity index (χ4n) is 2.88. The van der Waals surface area contributed by atoms with E-state index in [1.165, 1.54) is 12.8 Å². The van der Waals surface area contributed by atoms with Crippen LogP contribution in [0.15, 0.2) is 29.3 Å². The molecule has 0 spiro atoms. The van der Waals surface area contributed by atoms with E-state index in [2.05, 4.69) is 25.3 Å². The van der Waals surface area contributed by atoms with Crippen molar-refractivity contribution < 1.29 is 0 Å². The molecule has 3 rings (SSSR count). The number of nitrogens with zero attached hydrogens (tertiary/aromatic N) is 6. The number of hydrogen-bond acceptors (Lipinski definition) is 6. The van der Waals surface area contributed by atoms with E-state index in [1.54, 1.807) is 16.6 Å². The fraction of sp³-hybridized carbons (Fsp3) is 0.467. The average Bonchev–Trinajstić information content (AvgIpc) is 3.06. The van der Waals surface area contributed by atoms with Crippen LogP contribution < -0.4 is 5.73 Å². The average molecular weight is 331 g/mol. The molecule has 0 radical (unpaired) electrons. The van der Waals surface area contributed by atoms with Crippen molar-refractivity contribution in [2.24, 2.45) is 4.99 Å². The number of tetrazole rings is 1. The van der Waals surface area contributed by atoms with Crippen molar-refractivity contribution in [3.8, 4) is 5.69 Å². The number of aliphatic imine (C=N–C) groups is 1. The first kappa shape index (κ1) is 15.8. The predicted molar refractivity (Wildman–Crippen MR) is 93.7 cm³/mol. The first-order chi connectivity index (χ1) is 11.2. The lowest BCUT2D eigenvalue weighted by atomic mass is 10.0. The van der Waals surface area contributed by atoms with Crippen molar-refractivity contribution in [3.63, 3.8) is 0 Å². The van der Waals surface area contributed by atoms with Crippen LogP contribution >= 0.6 is 11.8 Å². The molecule has 8 heteroatoms. The van der Waals surface area contributed by atoms with Crippen LogP contribution in [0.1, 0.15) is 31.1 Å². The molecule has 2 N–H and O–H groups in total. The molecule has 1 fully saturated rings. The third kappa shape index (κ3) is 3.31. The fourth-order valence-corrected chi connectivity index (χ4v) is 3.52. The topological polar surface area (TPSA) is 85.2 Å². The van der Waals surface area contributed by atoms with Crippen LogP contribution in [-0.4, -0.2) is 50.1 Å². The molecular weight excluding hydrogens is 310 g/mol. The molecule has 2 aromatic rings. The second-order valence-corrected chi connectivity index (χ2v) is 6.22. The van der Waals surface area contributed by atoms with E-state index in [4.69, 9.17) is 5.73 Å². The van der Waals surface area contributed by atoms with Crippen molar-refractivity contribution in [3.05, 3.63) is 30.1 Å². The lowest BCUT2D eigenvalue weighted by Gasteiger charge is -2.35. The maximum absolute atomic E-state index is 5.83. The van der Waals surface area contributed by atoms with E-state index in [0.717, 1.165) is 29.6 Å². The van der Waals surface area contributed by atoms with Crippen LogP contribution in [0.2, 0.25) is 0 Å². The van der Waals surface area contributed by atoms with Gasteiger partial charge in [-0.2, -0.15) is 0 Å². The first-order valence-electron chi connectivity index (χ1n) is 7.66. The lowest BCUT2D eigenvalue weighted by Crippen LogP contribution is -2.37. The monoisotopic (exact) mass is 331 g/mol. The molecule has 23 heavy (non-hydrogen) atoms. The molecule has 0 aliphatic carbocycles. The maximum Gasteiger partial charge on any atom is 0.197 e. The summed E-state index contributed by atoms with van der Waals surface area (Å²) in [6.45, 7) is 0.977. The maximum atomic E-state index is 5.83. The number of nitrogen functional groups attached to an aromatic ring is 1. The van der Waals surface area contributed by atoms with Gasteiger partial charge in [-0.15, -0.1) is 15.0 Å². The van der Waals surface area contributed by atoms with Gasteiger partial charge in [0, 0.05) is 19.3 Å². The molecule has 7 nitrogen and oxygen atoms in total. The summed E-state index contributed by atoms with van der Waals surface area (Å²) in [4.78, 5) is 8.22. The third-order valence-corrected chi connectivity index (χ3v) is 4.73. The highest BCUT2D eigenvalue weighted by molar-refractivity contribution is 8.13. The Morgan fingerprint density at radius 3 is 3.00 bits per heavy atom. The molecule has 122 valence electrons. The van der Waals surface area contributed by atoms with E-state index in [0.29, 0.717) is 5.69 Å². The molecule has 1 aliphatic rings. The summed E-state index contributed by atoms with van der Waals surface area (Å²) in [7, 11) is 1.83. The first-order valence-corrected chi connectivity index (χ1v) is 8.88. The number of nitrogens with two attached hydrogens (primary N) is 1. The van der Waals surface area contributed by atoms with Crippen molar-refractivity contribution in [2.45, 2.75) is 25.3 Å². The molecule has 1 aromatic carbocycles. The molecule has 0 saturated carbocycles. The van der Waals surface area contributed by atoms with Gasteiger partial charge in [-0.05, 0) is 48.9 Å². The Labute approximate surface area is 140 Å². The predicted octanol–water partition coefficient (Wildman–Crippen LogP) is 2.12. The van der Waals surface area contributed by atoms with E-state index < -0.39 is 0 Å². The Balaban J connectivity index is 1.88. The van der Waals surface area contributed by atoms with Crippen LogP contribution in [-0.2, 0) is 0 Å². The number of amidine groups is 1.